The van der Waals surface area contributed by atoms with Crippen molar-refractivity contribution in [1.82, 2.24) is 0 Å². The predicted molar refractivity (Wildman–Crippen MR) is 68.7 cm³/mol. The number of rotatable bonds is 3. The molecular weight excluding hydrogens is 212 g/mol. The molecule has 0 saturated heterocycles. The van der Waals surface area contributed by atoms with E-state index in [1.165, 1.54) is 0 Å². The Morgan fingerprint density at radius 2 is 1.94 bits per heavy atom. The zero-order valence-electron chi connectivity index (χ0n) is 11.3. The van der Waals surface area contributed by atoms with Gasteiger partial charge in [-0.15, -0.1) is 0 Å². The summed E-state index contributed by atoms with van der Waals surface area (Å²) in [5, 5.41) is 0. The second kappa shape index (κ2) is 3.86. The minimum atomic E-state index is 0.165. The highest BCUT2D eigenvalue weighted by Crippen LogP contribution is 2.53. The maximum atomic E-state index is 12.4. The third-order valence-corrected chi connectivity index (χ3v) is 3.98. The molecule has 1 fully saturated rings. The van der Waals surface area contributed by atoms with E-state index in [2.05, 4.69) is 13.8 Å². The van der Waals surface area contributed by atoms with Gasteiger partial charge in [0.2, 0.25) is 0 Å². The minimum absolute atomic E-state index is 0.165. The Morgan fingerprint density at radius 1 is 1.35 bits per heavy atom. The van der Waals surface area contributed by atoms with Gasteiger partial charge in [-0.05, 0) is 42.9 Å². The molecule has 0 spiro atoms. The summed E-state index contributed by atoms with van der Waals surface area (Å²) in [6.07, 6.45) is 0.988. The van der Waals surface area contributed by atoms with Gasteiger partial charge in [0.1, 0.15) is 5.75 Å². The molecule has 0 amide bonds. The fourth-order valence-corrected chi connectivity index (χ4v) is 2.35. The second-order valence-corrected chi connectivity index (χ2v) is 5.70. The summed E-state index contributed by atoms with van der Waals surface area (Å²) in [5.74, 6) is 1.14. The summed E-state index contributed by atoms with van der Waals surface area (Å²) < 4.78 is 5.40. The highest BCUT2D eigenvalue weighted by molar-refractivity contribution is 6.02. The molecule has 2 nitrogen and oxygen atoms in total. The van der Waals surface area contributed by atoms with Crippen LogP contribution in [0.2, 0.25) is 0 Å². The van der Waals surface area contributed by atoms with Crippen molar-refractivity contribution >= 4 is 5.78 Å². The number of carbonyl (C=O) groups is 1. The smallest absolute Gasteiger partial charge is 0.170 e. The number of ether oxygens (including phenoxy) is 1. The number of carbonyl (C=O) groups excluding carboxylic acids is 1. The van der Waals surface area contributed by atoms with Gasteiger partial charge in [-0.1, -0.05) is 19.9 Å². The van der Waals surface area contributed by atoms with E-state index in [1.54, 1.807) is 7.11 Å². The molecule has 1 unspecified atom stereocenters. The monoisotopic (exact) mass is 232 g/mol. The van der Waals surface area contributed by atoms with Crippen LogP contribution in [0.1, 0.15) is 41.8 Å². The predicted octanol–water partition coefficient (Wildman–Crippen LogP) is 3.54. The molecule has 0 N–H and O–H groups in total. The van der Waals surface area contributed by atoms with Crippen LogP contribution in [0.5, 0.6) is 5.75 Å². The van der Waals surface area contributed by atoms with E-state index in [-0.39, 0.29) is 17.1 Å². The molecule has 92 valence electrons. The van der Waals surface area contributed by atoms with Crippen molar-refractivity contribution in [2.45, 2.75) is 34.1 Å². The highest BCUT2D eigenvalue weighted by Gasteiger charge is 2.51. The molecular formula is C15H20O2. The molecule has 1 atom stereocenters. The topological polar surface area (TPSA) is 26.3 Å². The summed E-state index contributed by atoms with van der Waals surface area (Å²) in [4.78, 5) is 12.4. The zero-order valence-corrected chi connectivity index (χ0v) is 11.3. The number of hydrogen-bond acceptors (Lipinski definition) is 2. The Morgan fingerprint density at radius 3 is 2.41 bits per heavy atom. The third kappa shape index (κ3) is 1.97. The number of aryl methyl sites for hydroxylation is 1. The van der Waals surface area contributed by atoms with Crippen molar-refractivity contribution < 1.29 is 9.53 Å². The summed E-state index contributed by atoms with van der Waals surface area (Å²) in [7, 11) is 1.64. The van der Waals surface area contributed by atoms with Crippen LogP contribution in [0.3, 0.4) is 0 Å². The van der Waals surface area contributed by atoms with E-state index in [0.717, 1.165) is 28.9 Å². The molecule has 1 aromatic carbocycles. The number of methoxy groups -OCH3 is 1. The van der Waals surface area contributed by atoms with Crippen LogP contribution in [0, 0.1) is 25.2 Å². The molecule has 0 bridgehead atoms. The Labute approximate surface area is 103 Å². The van der Waals surface area contributed by atoms with Crippen LogP contribution in [-0.4, -0.2) is 12.9 Å². The van der Waals surface area contributed by atoms with Gasteiger partial charge in [-0.3, -0.25) is 4.79 Å². The van der Waals surface area contributed by atoms with E-state index >= 15 is 0 Å². The van der Waals surface area contributed by atoms with Gasteiger partial charge in [0.25, 0.3) is 0 Å². The number of Topliss-reactive ketones (excluding diaryl/α,β-unsaturated/α-hetero) is 1. The van der Waals surface area contributed by atoms with Crippen LogP contribution in [0.25, 0.3) is 0 Å². The lowest BCUT2D eigenvalue weighted by atomic mass is 9.97. The Balaban J connectivity index is 2.40. The fourth-order valence-electron chi connectivity index (χ4n) is 2.35. The number of hydrogen-bond donors (Lipinski definition) is 0. The zero-order chi connectivity index (χ0) is 12.8. The van der Waals surface area contributed by atoms with Crippen molar-refractivity contribution in [1.29, 1.82) is 0 Å². The van der Waals surface area contributed by atoms with Crippen LogP contribution in [0.15, 0.2) is 12.1 Å². The Hall–Kier alpha value is -1.31. The first kappa shape index (κ1) is 12.2. The molecule has 1 saturated carbocycles. The summed E-state index contributed by atoms with van der Waals surface area (Å²) in [5.41, 5.74) is 3.14. The maximum absolute atomic E-state index is 12.4. The first-order chi connectivity index (χ1) is 7.88. The van der Waals surface area contributed by atoms with Gasteiger partial charge < -0.3 is 4.74 Å². The molecule has 0 aromatic heterocycles. The van der Waals surface area contributed by atoms with Crippen molar-refractivity contribution in [3.05, 3.63) is 28.8 Å². The molecule has 1 aliphatic carbocycles. The Bertz CT molecular complexity index is 472. The standard InChI is InChI=1S/C15H20O2/c1-9-6-7-11(14(17-5)10(9)2)13(16)12-8-15(12,3)4/h6-7,12H,8H2,1-5H3. The fraction of sp³-hybridized carbons (Fsp3) is 0.533. The van der Waals surface area contributed by atoms with Gasteiger partial charge >= 0.3 is 0 Å². The van der Waals surface area contributed by atoms with Crippen LogP contribution in [-0.2, 0) is 0 Å². The van der Waals surface area contributed by atoms with Crippen LogP contribution in [0.4, 0.5) is 0 Å². The molecule has 1 aromatic rings. The van der Waals surface area contributed by atoms with Crippen LogP contribution >= 0.6 is 0 Å². The quantitative estimate of drug-likeness (QED) is 0.745. The van der Waals surface area contributed by atoms with Crippen molar-refractivity contribution in [3.63, 3.8) is 0 Å². The second-order valence-electron chi connectivity index (χ2n) is 5.70. The lowest BCUT2D eigenvalue weighted by molar-refractivity contribution is 0.0950. The van der Waals surface area contributed by atoms with Gasteiger partial charge in [0.15, 0.2) is 5.78 Å². The SMILES string of the molecule is COc1c(C(=O)C2CC2(C)C)ccc(C)c1C. The molecule has 1 aliphatic rings. The summed E-state index contributed by atoms with van der Waals surface area (Å²) in [6, 6.07) is 3.90. The van der Waals surface area contributed by atoms with Gasteiger partial charge in [0, 0.05) is 5.92 Å². The molecule has 0 heterocycles. The minimum Gasteiger partial charge on any atom is -0.496 e. The lowest BCUT2D eigenvalue weighted by Gasteiger charge is -2.13. The summed E-state index contributed by atoms with van der Waals surface area (Å²) >= 11 is 0. The van der Waals surface area contributed by atoms with E-state index in [0.29, 0.717) is 0 Å². The highest BCUT2D eigenvalue weighted by atomic mass is 16.5. The first-order valence-electron chi connectivity index (χ1n) is 6.07. The number of ketones is 1. The third-order valence-electron chi connectivity index (χ3n) is 3.98. The normalized spacial score (nSPS) is 21.1. The molecule has 17 heavy (non-hydrogen) atoms. The summed E-state index contributed by atoms with van der Waals surface area (Å²) in [6.45, 7) is 8.32. The van der Waals surface area contributed by atoms with Crippen molar-refractivity contribution in [3.8, 4) is 5.75 Å². The van der Waals surface area contributed by atoms with Gasteiger partial charge in [-0.25, -0.2) is 0 Å². The largest absolute Gasteiger partial charge is 0.496 e. The maximum Gasteiger partial charge on any atom is 0.170 e. The van der Waals surface area contributed by atoms with E-state index < -0.39 is 0 Å². The average Bonchev–Trinajstić information content (AvgIpc) is 2.90. The molecule has 0 radical (unpaired) electrons. The Kier molecular flexibility index (Phi) is 2.76. The van der Waals surface area contributed by atoms with E-state index in [4.69, 9.17) is 4.74 Å². The van der Waals surface area contributed by atoms with Gasteiger partial charge in [0.05, 0.1) is 12.7 Å². The van der Waals surface area contributed by atoms with E-state index in [9.17, 15) is 4.79 Å². The molecule has 2 heteroatoms. The van der Waals surface area contributed by atoms with Crippen molar-refractivity contribution in [2.24, 2.45) is 11.3 Å². The molecule has 0 aliphatic heterocycles. The van der Waals surface area contributed by atoms with Gasteiger partial charge in [-0.2, -0.15) is 0 Å². The number of benzene rings is 1. The van der Waals surface area contributed by atoms with Crippen LogP contribution < -0.4 is 4.74 Å². The van der Waals surface area contributed by atoms with E-state index in [1.807, 2.05) is 26.0 Å². The average molecular weight is 232 g/mol. The van der Waals surface area contributed by atoms with Crippen molar-refractivity contribution in [2.75, 3.05) is 7.11 Å². The first-order valence-corrected chi connectivity index (χ1v) is 6.07. The molecule has 2 rings (SSSR count). The lowest BCUT2D eigenvalue weighted by Crippen LogP contribution is -2.09.